The van der Waals surface area contributed by atoms with Crippen LogP contribution in [0.2, 0.25) is 0 Å². The van der Waals surface area contributed by atoms with Crippen molar-refractivity contribution in [3.05, 3.63) is 65.0 Å². The second-order valence-corrected chi connectivity index (χ2v) is 4.79. The Morgan fingerprint density at radius 3 is 2.57 bits per heavy atom. The molecule has 0 aliphatic heterocycles. The molecular weight excluding hydrogens is 267 g/mol. The van der Waals surface area contributed by atoms with Gasteiger partial charge in [-0.15, -0.1) is 0 Å². The number of ether oxygens (including phenoxy) is 1. The molecule has 0 heterocycles. The van der Waals surface area contributed by atoms with Crippen LogP contribution in [0, 0.1) is 17.1 Å². The Kier molecular flexibility index (Phi) is 4.91. The fourth-order valence-corrected chi connectivity index (χ4v) is 2.05. The Balaban J connectivity index is 2.03. The quantitative estimate of drug-likeness (QED) is 0.913. The van der Waals surface area contributed by atoms with Crippen molar-refractivity contribution in [2.24, 2.45) is 0 Å². The summed E-state index contributed by atoms with van der Waals surface area (Å²) in [6, 6.07) is 14.2. The predicted molar refractivity (Wildman–Crippen MR) is 79.4 cm³/mol. The van der Waals surface area contributed by atoms with Gasteiger partial charge in [-0.2, -0.15) is 5.26 Å². The van der Waals surface area contributed by atoms with E-state index in [0.717, 1.165) is 11.3 Å². The van der Waals surface area contributed by atoms with Gasteiger partial charge >= 0.3 is 0 Å². The van der Waals surface area contributed by atoms with Crippen LogP contribution in [0.15, 0.2) is 42.5 Å². The van der Waals surface area contributed by atoms with Crippen LogP contribution in [0.4, 0.5) is 4.39 Å². The van der Waals surface area contributed by atoms with Crippen molar-refractivity contribution >= 4 is 0 Å². The minimum atomic E-state index is -0.302. The number of rotatable bonds is 5. The fourth-order valence-electron chi connectivity index (χ4n) is 2.05. The van der Waals surface area contributed by atoms with Crippen molar-refractivity contribution in [3.63, 3.8) is 0 Å². The molecule has 0 radical (unpaired) electrons. The summed E-state index contributed by atoms with van der Waals surface area (Å²) in [5.74, 6) is 0.502. The zero-order valence-corrected chi connectivity index (χ0v) is 12.1. The lowest BCUT2D eigenvalue weighted by atomic mass is 10.1. The summed E-state index contributed by atoms with van der Waals surface area (Å²) in [5.41, 5.74) is 2.05. The Morgan fingerprint density at radius 1 is 1.24 bits per heavy atom. The number of benzene rings is 2. The van der Waals surface area contributed by atoms with Crippen LogP contribution in [-0.4, -0.2) is 7.11 Å². The number of hydrogen-bond donors (Lipinski definition) is 1. The predicted octanol–water partition coefficient (Wildman–Crippen LogP) is 3.56. The molecule has 4 heteroatoms. The molecule has 1 atom stereocenters. The maximum atomic E-state index is 13.7. The van der Waals surface area contributed by atoms with Crippen molar-refractivity contribution in [2.75, 3.05) is 7.11 Å². The summed E-state index contributed by atoms with van der Waals surface area (Å²) < 4.78 is 18.8. The summed E-state index contributed by atoms with van der Waals surface area (Å²) in [7, 11) is 1.63. The number of nitrogens with one attached hydrogen (secondary N) is 1. The molecule has 0 aromatic heterocycles. The second kappa shape index (κ2) is 6.87. The van der Waals surface area contributed by atoms with Gasteiger partial charge in [0, 0.05) is 18.2 Å². The summed E-state index contributed by atoms with van der Waals surface area (Å²) >= 11 is 0. The number of nitriles is 1. The van der Waals surface area contributed by atoms with E-state index in [1.54, 1.807) is 13.2 Å². The minimum absolute atomic E-state index is 0.0704. The number of methoxy groups -OCH3 is 1. The van der Waals surface area contributed by atoms with Gasteiger partial charge in [0.25, 0.3) is 0 Å². The summed E-state index contributed by atoms with van der Waals surface area (Å²) in [4.78, 5) is 0. The molecular formula is C17H17FN2O. The second-order valence-electron chi connectivity index (χ2n) is 4.79. The van der Waals surface area contributed by atoms with Gasteiger partial charge < -0.3 is 10.1 Å². The average molecular weight is 284 g/mol. The van der Waals surface area contributed by atoms with Gasteiger partial charge in [-0.3, -0.25) is 0 Å². The highest BCUT2D eigenvalue weighted by atomic mass is 19.1. The molecule has 2 aromatic carbocycles. The Bertz CT molecular complexity index is 647. The standard InChI is InChI=1S/C17H17FN2O/c1-12(14-4-6-16(21-2)7-5-14)20-11-15-9-13(10-19)3-8-17(15)18/h3-9,12,20H,11H2,1-2H3/t12-/m1/s1. The van der Waals surface area contributed by atoms with Crippen molar-refractivity contribution in [3.8, 4) is 11.8 Å². The molecule has 0 bridgehead atoms. The molecule has 3 nitrogen and oxygen atoms in total. The molecule has 0 fully saturated rings. The van der Waals surface area contributed by atoms with Gasteiger partial charge in [0.2, 0.25) is 0 Å². The van der Waals surface area contributed by atoms with E-state index in [-0.39, 0.29) is 11.9 Å². The third-order valence-electron chi connectivity index (χ3n) is 3.39. The summed E-state index contributed by atoms with van der Waals surface area (Å²) in [5, 5.41) is 12.1. The third-order valence-corrected chi connectivity index (χ3v) is 3.39. The topological polar surface area (TPSA) is 45.0 Å². The first kappa shape index (κ1) is 15.0. The average Bonchev–Trinajstić information content (AvgIpc) is 2.54. The van der Waals surface area contributed by atoms with E-state index >= 15 is 0 Å². The van der Waals surface area contributed by atoms with E-state index < -0.39 is 0 Å². The van der Waals surface area contributed by atoms with Crippen molar-refractivity contribution in [1.82, 2.24) is 5.32 Å². The maximum absolute atomic E-state index is 13.7. The number of hydrogen-bond acceptors (Lipinski definition) is 3. The van der Waals surface area contributed by atoms with E-state index in [9.17, 15) is 4.39 Å². The van der Waals surface area contributed by atoms with E-state index in [0.29, 0.717) is 17.7 Å². The van der Waals surface area contributed by atoms with E-state index in [1.807, 2.05) is 37.3 Å². The van der Waals surface area contributed by atoms with E-state index in [4.69, 9.17) is 10.00 Å². The molecule has 1 N–H and O–H groups in total. The highest BCUT2D eigenvalue weighted by Crippen LogP contribution is 2.18. The van der Waals surface area contributed by atoms with Crippen LogP contribution in [0.3, 0.4) is 0 Å². The first-order valence-electron chi connectivity index (χ1n) is 6.70. The Hall–Kier alpha value is -2.38. The fraction of sp³-hybridized carbons (Fsp3) is 0.235. The van der Waals surface area contributed by atoms with Crippen molar-refractivity contribution < 1.29 is 9.13 Å². The molecule has 2 aromatic rings. The molecule has 0 spiro atoms. The van der Waals surface area contributed by atoms with Gasteiger partial charge in [-0.1, -0.05) is 12.1 Å². The molecule has 21 heavy (non-hydrogen) atoms. The molecule has 0 amide bonds. The molecule has 0 aliphatic carbocycles. The zero-order valence-electron chi connectivity index (χ0n) is 12.1. The molecule has 0 aliphatic rings. The monoisotopic (exact) mass is 284 g/mol. The third kappa shape index (κ3) is 3.80. The van der Waals surface area contributed by atoms with Gasteiger partial charge in [-0.25, -0.2) is 4.39 Å². The number of nitrogens with zero attached hydrogens (tertiary/aromatic N) is 1. The van der Waals surface area contributed by atoms with Crippen LogP contribution in [0.5, 0.6) is 5.75 Å². The highest BCUT2D eigenvalue weighted by molar-refractivity contribution is 5.34. The van der Waals surface area contributed by atoms with Gasteiger partial charge in [0.1, 0.15) is 11.6 Å². The summed E-state index contributed by atoms with van der Waals surface area (Å²) in [6.07, 6.45) is 0. The van der Waals surface area contributed by atoms with Crippen LogP contribution in [0.1, 0.15) is 29.7 Å². The van der Waals surface area contributed by atoms with Gasteiger partial charge in [0.05, 0.1) is 18.7 Å². The normalized spacial score (nSPS) is 11.7. The van der Waals surface area contributed by atoms with Gasteiger partial charge in [-0.05, 0) is 42.8 Å². The van der Waals surface area contributed by atoms with Crippen molar-refractivity contribution in [2.45, 2.75) is 19.5 Å². The van der Waals surface area contributed by atoms with Crippen molar-refractivity contribution in [1.29, 1.82) is 5.26 Å². The summed E-state index contributed by atoms with van der Waals surface area (Å²) in [6.45, 7) is 2.38. The van der Waals surface area contributed by atoms with Crippen LogP contribution < -0.4 is 10.1 Å². The maximum Gasteiger partial charge on any atom is 0.127 e. The number of halogens is 1. The lowest BCUT2D eigenvalue weighted by Gasteiger charge is -2.15. The molecule has 108 valence electrons. The van der Waals surface area contributed by atoms with E-state index in [2.05, 4.69) is 5.32 Å². The van der Waals surface area contributed by atoms with E-state index in [1.165, 1.54) is 12.1 Å². The first-order valence-corrected chi connectivity index (χ1v) is 6.70. The lowest BCUT2D eigenvalue weighted by molar-refractivity contribution is 0.414. The largest absolute Gasteiger partial charge is 0.497 e. The zero-order chi connectivity index (χ0) is 15.2. The van der Waals surface area contributed by atoms with Crippen LogP contribution in [0.25, 0.3) is 0 Å². The molecule has 0 saturated heterocycles. The minimum Gasteiger partial charge on any atom is -0.497 e. The smallest absolute Gasteiger partial charge is 0.127 e. The first-order chi connectivity index (χ1) is 10.1. The molecule has 0 unspecified atom stereocenters. The van der Waals surface area contributed by atoms with Crippen LogP contribution >= 0.6 is 0 Å². The molecule has 2 rings (SSSR count). The SMILES string of the molecule is COc1ccc([C@@H](C)NCc2cc(C#N)ccc2F)cc1. The Morgan fingerprint density at radius 2 is 1.95 bits per heavy atom. The Labute approximate surface area is 124 Å². The highest BCUT2D eigenvalue weighted by Gasteiger charge is 2.08. The molecule has 0 saturated carbocycles. The lowest BCUT2D eigenvalue weighted by Crippen LogP contribution is -2.18. The van der Waals surface area contributed by atoms with Gasteiger partial charge in [0.15, 0.2) is 0 Å². The van der Waals surface area contributed by atoms with Crippen LogP contribution in [-0.2, 0) is 6.54 Å².